The zero-order valence-electron chi connectivity index (χ0n) is 16.4. The number of amides is 1. The Morgan fingerprint density at radius 3 is 2.68 bits per heavy atom. The van der Waals surface area contributed by atoms with E-state index in [9.17, 15) is 4.79 Å². The van der Waals surface area contributed by atoms with E-state index in [4.69, 9.17) is 0 Å². The summed E-state index contributed by atoms with van der Waals surface area (Å²) >= 11 is 0. The molecule has 1 aliphatic heterocycles. The fourth-order valence-electron chi connectivity index (χ4n) is 3.05. The van der Waals surface area contributed by atoms with Crippen molar-refractivity contribution in [2.45, 2.75) is 32.2 Å². The minimum absolute atomic E-state index is 0.123. The quantitative estimate of drug-likeness (QED) is 0.769. The number of anilines is 3. The number of nitrogens with zero attached hydrogens (tertiary/aromatic N) is 6. The van der Waals surface area contributed by atoms with Crippen LogP contribution in [0.3, 0.4) is 0 Å². The van der Waals surface area contributed by atoms with Crippen molar-refractivity contribution in [2.75, 3.05) is 43.4 Å². The molecule has 1 amide bonds. The lowest BCUT2D eigenvalue weighted by Gasteiger charge is -2.32. The highest BCUT2D eigenvalue weighted by Gasteiger charge is 2.25. The smallest absolute Gasteiger partial charge is 0.255 e. The number of rotatable bonds is 6. The third kappa shape index (κ3) is 4.36. The predicted molar refractivity (Wildman–Crippen MR) is 107 cm³/mol. The number of hydrogen-bond donors (Lipinski definition) is 2. The van der Waals surface area contributed by atoms with Crippen molar-refractivity contribution in [3.8, 4) is 0 Å². The van der Waals surface area contributed by atoms with Crippen LogP contribution in [0, 0.1) is 0 Å². The number of likely N-dealkylation sites (N-methyl/N-ethyl adjacent to an activating group) is 1. The minimum Gasteiger partial charge on any atom is -0.349 e. The van der Waals surface area contributed by atoms with Crippen molar-refractivity contribution in [1.29, 1.82) is 0 Å². The summed E-state index contributed by atoms with van der Waals surface area (Å²) in [5.41, 5.74) is 0.494. The van der Waals surface area contributed by atoms with Crippen molar-refractivity contribution in [3.63, 3.8) is 0 Å². The van der Waals surface area contributed by atoms with Crippen molar-refractivity contribution < 1.29 is 4.79 Å². The molecule has 0 bridgehead atoms. The number of carbonyl (C=O) groups is 1. The molecule has 0 radical (unpaired) electrons. The van der Waals surface area contributed by atoms with E-state index >= 15 is 0 Å². The van der Waals surface area contributed by atoms with Crippen LogP contribution < -0.4 is 15.5 Å². The number of aryl methyl sites for hydroxylation is 1. The van der Waals surface area contributed by atoms with E-state index in [0.717, 1.165) is 39.0 Å². The van der Waals surface area contributed by atoms with Crippen LogP contribution in [0.2, 0.25) is 0 Å². The maximum Gasteiger partial charge on any atom is 0.255 e. The average molecular weight is 382 g/mol. The number of nitrogens with one attached hydrogen (secondary N) is 2. The SMILES string of the molecule is CCc1nc(Nc2ncccc2C(=O)NC2CC2)nc(N2CCN(C)CC2)n1. The Kier molecular flexibility index (Phi) is 5.34. The van der Waals surface area contributed by atoms with Crippen LogP contribution in [-0.2, 0) is 6.42 Å². The molecule has 3 heterocycles. The summed E-state index contributed by atoms with van der Waals surface area (Å²) in [6.45, 7) is 5.72. The van der Waals surface area contributed by atoms with Gasteiger partial charge in [-0.1, -0.05) is 6.92 Å². The summed E-state index contributed by atoms with van der Waals surface area (Å²) in [4.78, 5) is 35.0. The molecule has 0 spiro atoms. The first kappa shape index (κ1) is 18.5. The van der Waals surface area contributed by atoms with E-state index in [1.54, 1.807) is 18.3 Å². The van der Waals surface area contributed by atoms with E-state index in [0.29, 0.717) is 35.5 Å². The van der Waals surface area contributed by atoms with E-state index in [1.807, 2.05) is 6.92 Å². The Morgan fingerprint density at radius 1 is 1.18 bits per heavy atom. The van der Waals surface area contributed by atoms with Crippen molar-refractivity contribution in [3.05, 3.63) is 29.7 Å². The Morgan fingerprint density at radius 2 is 1.96 bits per heavy atom. The molecule has 1 saturated heterocycles. The normalized spacial score (nSPS) is 17.4. The molecule has 0 atom stereocenters. The standard InChI is InChI=1S/C19H26N8O/c1-3-15-22-18(25-19(23-15)27-11-9-26(2)10-12-27)24-16-14(5-4-8-20-16)17(28)21-13-6-7-13/h4-5,8,13H,3,6-7,9-12H2,1-2H3,(H,21,28)(H,20,22,23,24,25). The molecule has 9 nitrogen and oxygen atoms in total. The first-order valence-corrected chi connectivity index (χ1v) is 9.83. The molecule has 4 rings (SSSR count). The number of piperazine rings is 1. The fraction of sp³-hybridized carbons (Fsp3) is 0.526. The highest BCUT2D eigenvalue weighted by molar-refractivity contribution is 5.99. The van der Waals surface area contributed by atoms with Gasteiger partial charge in [-0.15, -0.1) is 0 Å². The number of pyridine rings is 1. The van der Waals surface area contributed by atoms with Gasteiger partial charge in [-0.3, -0.25) is 4.79 Å². The van der Waals surface area contributed by atoms with Crippen LogP contribution in [0.25, 0.3) is 0 Å². The fourth-order valence-corrected chi connectivity index (χ4v) is 3.05. The molecule has 28 heavy (non-hydrogen) atoms. The van der Waals surface area contributed by atoms with Gasteiger partial charge in [-0.25, -0.2) is 4.98 Å². The van der Waals surface area contributed by atoms with Gasteiger partial charge in [-0.05, 0) is 32.0 Å². The molecule has 2 N–H and O–H groups in total. The van der Waals surface area contributed by atoms with Gasteiger partial charge in [-0.2, -0.15) is 15.0 Å². The summed E-state index contributed by atoms with van der Waals surface area (Å²) < 4.78 is 0. The number of hydrogen-bond acceptors (Lipinski definition) is 8. The van der Waals surface area contributed by atoms with Gasteiger partial charge < -0.3 is 20.4 Å². The molecule has 2 aliphatic rings. The van der Waals surface area contributed by atoms with E-state index in [1.165, 1.54) is 0 Å². The van der Waals surface area contributed by atoms with Crippen molar-refractivity contribution in [1.82, 2.24) is 30.2 Å². The highest BCUT2D eigenvalue weighted by Crippen LogP contribution is 2.22. The van der Waals surface area contributed by atoms with Gasteiger partial charge in [0.1, 0.15) is 11.6 Å². The Labute approximate surface area is 164 Å². The van der Waals surface area contributed by atoms with Crippen LogP contribution in [0.5, 0.6) is 0 Å². The topological polar surface area (TPSA) is 99.2 Å². The van der Waals surface area contributed by atoms with Gasteiger partial charge in [0.25, 0.3) is 5.91 Å². The Bertz CT molecular complexity index is 846. The average Bonchev–Trinajstić information content (AvgIpc) is 3.52. The van der Waals surface area contributed by atoms with Gasteiger partial charge in [0.05, 0.1) is 5.56 Å². The lowest BCUT2D eigenvalue weighted by Crippen LogP contribution is -2.45. The summed E-state index contributed by atoms with van der Waals surface area (Å²) in [5, 5.41) is 6.14. The molecular formula is C19H26N8O. The number of carbonyl (C=O) groups excluding carboxylic acids is 1. The highest BCUT2D eigenvalue weighted by atomic mass is 16.1. The second-order valence-corrected chi connectivity index (χ2v) is 7.29. The first-order valence-electron chi connectivity index (χ1n) is 9.83. The number of aromatic nitrogens is 4. The minimum atomic E-state index is -0.123. The van der Waals surface area contributed by atoms with Gasteiger partial charge in [0.2, 0.25) is 11.9 Å². The lowest BCUT2D eigenvalue weighted by atomic mass is 10.2. The first-order chi connectivity index (χ1) is 13.6. The molecule has 1 saturated carbocycles. The van der Waals surface area contributed by atoms with Gasteiger partial charge in [0.15, 0.2) is 0 Å². The monoisotopic (exact) mass is 382 g/mol. The lowest BCUT2D eigenvalue weighted by molar-refractivity contribution is 0.0951. The molecule has 148 valence electrons. The zero-order valence-corrected chi connectivity index (χ0v) is 16.4. The molecule has 0 aromatic carbocycles. The molecule has 0 unspecified atom stereocenters. The van der Waals surface area contributed by atoms with Crippen LogP contribution in [0.4, 0.5) is 17.7 Å². The van der Waals surface area contributed by atoms with E-state index in [2.05, 4.69) is 47.4 Å². The van der Waals surface area contributed by atoms with Crippen molar-refractivity contribution >= 4 is 23.6 Å². The Balaban J connectivity index is 1.57. The summed E-state index contributed by atoms with van der Waals surface area (Å²) in [5.74, 6) is 2.13. The molecule has 1 aliphatic carbocycles. The third-order valence-electron chi connectivity index (χ3n) is 4.97. The third-order valence-corrected chi connectivity index (χ3v) is 4.97. The Hall–Kier alpha value is -2.81. The second-order valence-electron chi connectivity index (χ2n) is 7.29. The maximum atomic E-state index is 12.5. The van der Waals surface area contributed by atoms with Crippen LogP contribution in [0.15, 0.2) is 18.3 Å². The van der Waals surface area contributed by atoms with Crippen molar-refractivity contribution in [2.24, 2.45) is 0 Å². The summed E-state index contributed by atoms with van der Waals surface area (Å²) in [7, 11) is 2.12. The van der Waals surface area contributed by atoms with Gasteiger partial charge in [0, 0.05) is 44.8 Å². The van der Waals surface area contributed by atoms with Crippen LogP contribution in [0.1, 0.15) is 35.9 Å². The van der Waals surface area contributed by atoms with Gasteiger partial charge >= 0.3 is 0 Å². The summed E-state index contributed by atoms with van der Waals surface area (Å²) in [6.07, 6.45) is 4.43. The molecule has 2 aromatic heterocycles. The molecule has 2 fully saturated rings. The largest absolute Gasteiger partial charge is 0.349 e. The van der Waals surface area contributed by atoms with Crippen LogP contribution >= 0.6 is 0 Å². The zero-order chi connectivity index (χ0) is 19.5. The predicted octanol–water partition coefficient (Wildman–Crippen LogP) is 1.22. The molecule has 2 aromatic rings. The summed E-state index contributed by atoms with van der Waals surface area (Å²) in [6, 6.07) is 3.80. The van der Waals surface area contributed by atoms with E-state index < -0.39 is 0 Å². The van der Waals surface area contributed by atoms with E-state index in [-0.39, 0.29) is 11.9 Å². The second kappa shape index (κ2) is 8.05. The maximum absolute atomic E-state index is 12.5. The molecular weight excluding hydrogens is 356 g/mol. The van der Waals surface area contributed by atoms with Crippen LogP contribution in [-0.4, -0.2) is 70.0 Å². The molecule has 9 heteroatoms.